The summed E-state index contributed by atoms with van der Waals surface area (Å²) in [6, 6.07) is 5.83. The lowest BCUT2D eigenvalue weighted by molar-refractivity contribution is 0.0311. The Hall–Kier alpha value is -1.95. The predicted octanol–water partition coefficient (Wildman–Crippen LogP) is 0.606. The first-order valence-electron chi connectivity index (χ1n) is 6.21. The molecule has 1 heterocycles. The maximum absolute atomic E-state index is 12.6. The number of nitriles is 1. The van der Waals surface area contributed by atoms with Gasteiger partial charge in [-0.05, 0) is 24.6 Å². The minimum atomic E-state index is -3.85. The van der Waals surface area contributed by atoms with Gasteiger partial charge in [0.15, 0.2) is 6.10 Å². The van der Waals surface area contributed by atoms with Gasteiger partial charge in [-0.25, -0.2) is 13.2 Å². The van der Waals surface area contributed by atoms with E-state index in [2.05, 4.69) is 0 Å². The molecule has 1 atom stereocenters. The van der Waals surface area contributed by atoms with Gasteiger partial charge in [-0.2, -0.15) is 9.57 Å². The number of nitrogens with zero attached hydrogens (tertiary/aromatic N) is 2. The fourth-order valence-corrected chi connectivity index (χ4v) is 3.75. The summed E-state index contributed by atoms with van der Waals surface area (Å²) < 4.78 is 31.5. The number of morpholine rings is 1. The first-order valence-corrected chi connectivity index (χ1v) is 7.65. The topological polar surface area (TPSA) is 108 Å². The van der Waals surface area contributed by atoms with E-state index in [0.717, 1.165) is 10.4 Å². The van der Waals surface area contributed by atoms with E-state index in [0.29, 0.717) is 5.56 Å². The molecule has 7 nitrogen and oxygen atoms in total. The van der Waals surface area contributed by atoms with Crippen LogP contribution in [0.15, 0.2) is 23.1 Å². The maximum Gasteiger partial charge on any atom is 0.335 e. The molecule has 0 aliphatic carbocycles. The largest absolute Gasteiger partial charge is 0.478 e. The van der Waals surface area contributed by atoms with E-state index in [-0.39, 0.29) is 30.2 Å². The second kappa shape index (κ2) is 5.81. The lowest BCUT2D eigenvalue weighted by Gasteiger charge is -2.29. The van der Waals surface area contributed by atoms with Crippen LogP contribution in [0.2, 0.25) is 0 Å². The molecule has 0 saturated carbocycles. The molecule has 21 heavy (non-hydrogen) atoms. The third-order valence-electron chi connectivity index (χ3n) is 3.23. The molecule has 8 heteroatoms. The van der Waals surface area contributed by atoms with Crippen molar-refractivity contribution in [3.63, 3.8) is 0 Å². The molecule has 1 aromatic rings. The third kappa shape index (κ3) is 3.05. The molecule has 0 amide bonds. The molecule has 0 spiro atoms. The van der Waals surface area contributed by atoms with Crippen LogP contribution in [0.1, 0.15) is 15.9 Å². The molecule has 0 aromatic heterocycles. The van der Waals surface area contributed by atoms with Gasteiger partial charge in [-0.15, -0.1) is 0 Å². The van der Waals surface area contributed by atoms with Gasteiger partial charge in [0.25, 0.3) is 0 Å². The van der Waals surface area contributed by atoms with Crippen LogP contribution >= 0.6 is 0 Å². The van der Waals surface area contributed by atoms with Crippen LogP contribution in [0.4, 0.5) is 0 Å². The number of hydrogen-bond donors (Lipinski definition) is 1. The summed E-state index contributed by atoms with van der Waals surface area (Å²) in [5.41, 5.74) is 0.365. The van der Waals surface area contributed by atoms with E-state index in [1.807, 2.05) is 6.07 Å². The molecule has 1 unspecified atom stereocenters. The molecule has 1 saturated heterocycles. The summed E-state index contributed by atoms with van der Waals surface area (Å²) in [6.07, 6.45) is -0.809. The fourth-order valence-electron chi connectivity index (χ4n) is 2.07. The second-order valence-corrected chi connectivity index (χ2v) is 6.54. The zero-order chi connectivity index (χ0) is 15.6. The molecule has 1 aromatic carbocycles. The van der Waals surface area contributed by atoms with Crippen molar-refractivity contribution in [3.8, 4) is 6.07 Å². The van der Waals surface area contributed by atoms with Crippen LogP contribution in [0.25, 0.3) is 0 Å². The Kier molecular flexibility index (Phi) is 4.27. The van der Waals surface area contributed by atoms with Gasteiger partial charge in [-0.3, -0.25) is 0 Å². The number of ether oxygens (including phenoxy) is 1. The zero-order valence-corrected chi connectivity index (χ0v) is 12.1. The van der Waals surface area contributed by atoms with Crippen molar-refractivity contribution in [2.24, 2.45) is 0 Å². The van der Waals surface area contributed by atoms with Gasteiger partial charge >= 0.3 is 5.97 Å². The Morgan fingerprint density at radius 3 is 2.86 bits per heavy atom. The minimum Gasteiger partial charge on any atom is -0.478 e. The molecule has 112 valence electrons. The summed E-state index contributed by atoms with van der Waals surface area (Å²) in [6.45, 7) is 1.81. The lowest BCUT2D eigenvalue weighted by atomic mass is 10.1. The van der Waals surface area contributed by atoms with E-state index in [1.54, 1.807) is 6.92 Å². The quantitative estimate of drug-likeness (QED) is 0.876. The van der Waals surface area contributed by atoms with Crippen molar-refractivity contribution >= 4 is 16.0 Å². The van der Waals surface area contributed by atoms with Crippen LogP contribution in [0, 0.1) is 18.3 Å². The lowest BCUT2D eigenvalue weighted by Crippen LogP contribution is -2.45. The average Bonchev–Trinajstić information content (AvgIpc) is 2.47. The molecule has 1 aliphatic rings. The second-order valence-electron chi connectivity index (χ2n) is 4.64. The normalized spacial score (nSPS) is 19.9. The first kappa shape index (κ1) is 15.4. The molecular weight excluding hydrogens is 296 g/mol. The third-order valence-corrected chi connectivity index (χ3v) is 5.23. The summed E-state index contributed by atoms with van der Waals surface area (Å²) >= 11 is 0. The highest BCUT2D eigenvalue weighted by Gasteiger charge is 2.32. The minimum absolute atomic E-state index is 0.0546. The van der Waals surface area contributed by atoms with Crippen LogP contribution < -0.4 is 0 Å². The van der Waals surface area contributed by atoms with Crippen LogP contribution in [-0.2, 0) is 14.8 Å². The molecule has 1 fully saturated rings. The molecular formula is C13H14N2O5S. The number of aromatic carboxylic acids is 1. The number of carboxylic acids is 1. The first-order chi connectivity index (χ1) is 9.86. The Morgan fingerprint density at radius 1 is 1.52 bits per heavy atom. The number of sulfonamides is 1. The Balaban J connectivity index is 2.42. The van der Waals surface area contributed by atoms with Crippen LogP contribution in [-0.4, -0.2) is 49.6 Å². The SMILES string of the molecule is Cc1ccc(C(=O)O)cc1S(=O)(=O)N1CCOC(C#N)C1. The molecule has 1 N–H and O–H groups in total. The maximum atomic E-state index is 12.6. The number of rotatable bonds is 3. The number of aryl methyl sites for hydroxylation is 1. The van der Waals surface area contributed by atoms with Gasteiger partial charge in [0.1, 0.15) is 0 Å². The monoisotopic (exact) mass is 310 g/mol. The molecule has 1 aliphatic heterocycles. The van der Waals surface area contributed by atoms with E-state index in [1.165, 1.54) is 12.1 Å². The summed E-state index contributed by atoms with van der Waals surface area (Å²) in [7, 11) is -3.85. The number of carboxylic acid groups (broad SMARTS) is 1. The number of hydrogen-bond acceptors (Lipinski definition) is 5. The average molecular weight is 310 g/mol. The van der Waals surface area contributed by atoms with Crippen LogP contribution in [0.3, 0.4) is 0 Å². The van der Waals surface area contributed by atoms with Gasteiger partial charge in [-0.1, -0.05) is 6.07 Å². The highest BCUT2D eigenvalue weighted by atomic mass is 32.2. The van der Waals surface area contributed by atoms with Gasteiger partial charge < -0.3 is 9.84 Å². The summed E-state index contributed by atoms with van der Waals surface area (Å²) in [5, 5.41) is 17.8. The van der Waals surface area contributed by atoms with Gasteiger partial charge in [0.2, 0.25) is 10.0 Å². The predicted molar refractivity (Wildman–Crippen MR) is 72.3 cm³/mol. The molecule has 0 bridgehead atoms. The standard InChI is InChI=1S/C13H14N2O5S/c1-9-2-3-10(13(16)17)6-12(9)21(18,19)15-4-5-20-11(7-14)8-15/h2-3,6,11H,4-5,8H2,1H3,(H,16,17). The van der Waals surface area contributed by atoms with Gasteiger partial charge in [0, 0.05) is 6.54 Å². The fraction of sp³-hybridized carbons (Fsp3) is 0.385. The van der Waals surface area contributed by atoms with E-state index < -0.39 is 22.1 Å². The van der Waals surface area contributed by atoms with Crippen molar-refractivity contribution < 1.29 is 23.1 Å². The van der Waals surface area contributed by atoms with Crippen molar-refractivity contribution in [2.45, 2.75) is 17.9 Å². The Morgan fingerprint density at radius 2 is 2.24 bits per heavy atom. The smallest absolute Gasteiger partial charge is 0.335 e. The highest BCUT2D eigenvalue weighted by Crippen LogP contribution is 2.23. The van der Waals surface area contributed by atoms with Crippen molar-refractivity contribution in [1.29, 1.82) is 5.26 Å². The van der Waals surface area contributed by atoms with Crippen molar-refractivity contribution in [2.75, 3.05) is 19.7 Å². The molecule has 2 rings (SSSR count). The van der Waals surface area contributed by atoms with Crippen molar-refractivity contribution in [1.82, 2.24) is 4.31 Å². The van der Waals surface area contributed by atoms with Crippen molar-refractivity contribution in [3.05, 3.63) is 29.3 Å². The van der Waals surface area contributed by atoms with Crippen LogP contribution in [0.5, 0.6) is 0 Å². The number of carbonyl (C=O) groups is 1. The Labute approximate surface area is 122 Å². The summed E-state index contributed by atoms with van der Waals surface area (Å²) in [5.74, 6) is -1.19. The zero-order valence-electron chi connectivity index (χ0n) is 11.3. The van der Waals surface area contributed by atoms with E-state index >= 15 is 0 Å². The molecule has 0 radical (unpaired) electrons. The highest BCUT2D eigenvalue weighted by molar-refractivity contribution is 7.89. The van der Waals surface area contributed by atoms with E-state index in [4.69, 9.17) is 15.1 Å². The summed E-state index contributed by atoms with van der Waals surface area (Å²) in [4.78, 5) is 10.9. The van der Waals surface area contributed by atoms with E-state index in [9.17, 15) is 13.2 Å². The number of benzene rings is 1. The van der Waals surface area contributed by atoms with Gasteiger partial charge in [0.05, 0.1) is 29.7 Å². The Bertz CT molecular complexity index is 708.